The first-order chi connectivity index (χ1) is 10.2. The third kappa shape index (κ3) is 3.53. The molecular weight excluding hydrogens is 264 g/mol. The number of rotatable bonds is 6. The molecule has 1 atom stereocenters. The number of anilines is 1. The summed E-state index contributed by atoms with van der Waals surface area (Å²) in [4.78, 5) is 13.5. The van der Waals surface area contributed by atoms with Gasteiger partial charge in [-0.25, -0.2) is 0 Å². The van der Waals surface area contributed by atoms with Crippen molar-refractivity contribution < 1.29 is 4.79 Å². The van der Waals surface area contributed by atoms with Crippen molar-refractivity contribution in [3.63, 3.8) is 0 Å². The zero-order valence-corrected chi connectivity index (χ0v) is 12.4. The van der Waals surface area contributed by atoms with Crippen molar-refractivity contribution in [2.24, 2.45) is 5.73 Å². The molecule has 2 rings (SSSR count). The molecule has 0 aliphatic carbocycles. The SMILES string of the molecule is CCCNCc1ccc(N2CCCC2C(N)=O)c(C#N)c1. The van der Waals surface area contributed by atoms with E-state index in [1.54, 1.807) is 0 Å². The Morgan fingerprint density at radius 2 is 2.38 bits per heavy atom. The average molecular weight is 286 g/mol. The van der Waals surface area contributed by atoms with Gasteiger partial charge in [0.2, 0.25) is 5.91 Å². The fourth-order valence-electron chi connectivity index (χ4n) is 2.79. The number of benzene rings is 1. The summed E-state index contributed by atoms with van der Waals surface area (Å²) in [5.41, 5.74) is 7.96. The van der Waals surface area contributed by atoms with Gasteiger partial charge in [0.1, 0.15) is 12.1 Å². The molecule has 1 aliphatic heterocycles. The van der Waals surface area contributed by atoms with Crippen molar-refractivity contribution in [2.75, 3.05) is 18.0 Å². The summed E-state index contributed by atoms with van der Waals surface area (Å²) >= 11 is 0. The summed E-state index contributed by atoms with van der Waals surface area (Å²) in [6.45, 7) is 4.60. The van der Waals surface area contributed by atoms with Gasteiger partial charge in [0.25, 0.3) is 0 Å². The molecule has 1 amide bonds. The van der Waals surface area contributed by atoms with Crippen molar-refractivity contribution in [2.45, 2.75) is 38.8 Å². The van der Waals surface area contributed by atoms with E-state index >= 15 is 0 Å². The second kappa shape index (κ2) is 7.09. The van der Waals surface area contributed by atoms with Crippen LogP contribution in [0.2, 0.25) is 0 Å². The molecule has 3 N–H and O–H groups in total. The van der Waals surface area contributed by atoms with Gasteiger partial charge >= 0.3 is 0 Å². The molecule has 1 aliphatic rings. The van der Waals surface area contributed by atoms with Crippen LogP contribution in [0.15, 0.2) is 18.2 Å². The van der Waals surface area contributed by atoms with Crippen molar-refractivity contribution >= 4 is 11.6 Å². The lowest BCUT2D eigenvalue weighted by molar-refractivity contribution is -0.119. The molecule has 5 heteroatoms. The fourth-order valence-corrected chi connectivity index (χ4v) is 2.79. The molecule has 1 heterocycles. The number of carbonyl (C=O) groups excluding carboxylic acids is 1. The lowest BCUT2D eigenvalue weighted by Gasteiger charge is -2.25. The van der Waals surface area contributed by atoms with E-state index in [4.69, 9.17) is 5.73 Å². The maximum atomic E-state index is 11.5. The van der Waals surface area contributed by atoms with Crippen LogP contribution in [0.5, 0.6) is 0 Å². The number of nitrogens with one attached hydrogen (secondary N) is 1. The third-order valence-corrected chi connectivity index (χ3v) is 3.83. The van der Waals surface area contributed by atoms with Crippen LogP contribution < -0.4 is 16.0 Å². The summed E-state index contributed by atoms with van der Waals surface area (Å²) in [5, 5.41) is 12.7. The number of hydrogen-bond donors (Lipinski definition) is 2. The van der Waals surface area contributed by atoms with Gasteiger partial charge in [0.05, 0.1) is 11.3 Å². The number of nitrogens with zero attached hydrogens (tertiary/aromatic N) is 2. The average Bonchev–Trinajstić information content (AvgIpc) is 2.97. The van der Waals surface area contributed by atoms with Gasteiger partial charge in [0.15, 0.2) is 0 Å². The van der Waals surface area contributed by atoms with Crippen LogP contribution in [0.25, 0.3) is 0 Å². The number of nitrogens with two attached hydrogens (primary N) is 1. The Labute approximate surface area is 125 Å². The van der Waals surface area contributed by atoms with E-state index in [0.29, 0.717) is 5.56 Å². The zero-order chi connectivity index (χ0) is 15.2. The first kappa shape index (κ1) is 15.3. The zero-order valence-electron chi connectivity index (χ0n) is 12.4. The van der Waals surface area contributed by atoms with Gasteiger partial charge in [-0.05, 0) is 43.5 Å². The predicted molar refractivity (Wildman–Crippen MR) is 82.7 cm³/mol. The van der Waals surface area contributed by atoms with Gasteiger partial charge in [-0.3, -0.25) is 4.79 Å². The molecule has 1 saturated heterocycles. The van der Waals surface area contributed by atoms with Crippen molar-refractivity contribution in [3.8, 4) is 6.07 Å². The molecule has 1 fully saturated rings. The van der Waals surface area contributed by atoms with Crippen LogP contribution in [-0.2, 0) is 11.3 Å². The minimum absolute atomic E-state index is 0.291. The van der Waals surface area contributed by atoms with Crippen LogP contribution >= 0.6 is 0 Å². The van der Waals surface area contributed by atoms with Crippen molar-refractivity contribution in [1.82, 2.24) is 5.32 Å². The lowest BCUT2D eigenvalue weighted by Crippen LogP contribution is -2.40. The molecule has 0 saturated carbocycles. The number of carbonyl (C=O) groups is 1. The highest BCUT2D eigenvalue weighted by Gasteiger charge is 2.30. The van der Waals surface area contributed by atoms with Crippen LogP contribution in [0, 0.1) is 11.3 Å². The van der Waals surface area contributed by atoms with Gasteiger partial charge in [-0.1, -0.05) is 13.0 Å². The van der Waals surface area contributed by atoms with Gasteiger partial charge < -0.3 is 16.0 Å². The van der Waals surface area contributed by atoms with E-state index in [-0.39, 0.29) is 11.9 Å². The molecular formula is C16H22N4O. The third-order valence-electron chi connectivity index (χ3n) is 3.83. The quantitative estimate of drug-likeness (QED) is 0.777. The topological polar surface area (TPSA) is 82.2 Å². The Bertz CT molecular complexity index is 550. The Hall–Kier alpha value is -2.06. The summed E-state index contributed by atoms with van der Waals surface area (Å²) in [7, 11) is 0. The second-order valence-corrected chi connectivity index (χ2v) is 5.39. The highest BCUT2D eigenvalue weighted by molar-refractivity contribution is 5.85. The van der Waals surface area contributed by atoms with E-state index < -0.39 is 0 Å². The van der Waals surface area contributed by atoms with Gasteiger partial charge in [-0.2, -0.15) is 5.26 Å². The van der Waals surface area contributed by atoms with E-state index in [2.05, 4.69) is 18.3 Å². The van der Waals surface area contributed by atoms with Crippen LogP contribution in [0.4, 0.5) is 5.69 Å². The monoisotopic (exact) mass is 286 g/mol. The molecule has 21 heavy (non-hydrogen) atoms. The Morgan fingerprint density at radius 3 is 3.05 bits per heavy atom. The molecule has 0 radical (unpaired) electrons. The Morgan fingerprint density at radius 1 is 1.57 bits per heavy atom. The minimum Gasteiger partial charge on any atom is -0.368 e. The molecule has 0 aromatic heterocycles. The number of nitriles is 1. The lowest BCUT2D eigenvalue weighted by atomic mass is 10.1. The highest BCUT2D eigenvalue weighted by atomic mass is 16.1. The van der Waals surface area contributed by atoms with Crippen LogP contribution in [-0.4, -0.2) is 25.0 Å². The largest absolute Gasteiger partial charge is 0.368 e. The fraction of sp³-hybridized carbons (Fsp3) is 0.500. The normalized spacial score (nSPS) is 17.7. The number of hydrogen-bond acceptors (Lipinski definition) is 4. The molecule has 1 aromatic carbocycles. The van der Waals surface area contributed by atoms with E-state index in [1.807, 2.05) is 23.1 Å². The van der Waals surface area contributed by atoms with Gasteiger partial charge in [0, 0.05) is 13.1 Å². The molecule has 0 bridgehead atoms. The Kier molecular flexibility index (Phi) is 5.18. The van der Waals surface area contributed by atoms with Gasteiger partial charge in [-0.15, -0.1) is 0 Å². The predicted octanol–water partition coefficient (Wildman–Crippen LogP) is 1.51. The highest BCUT2D eigenvalue weighted by Crippen LogP contribution is 2.29. The molecule has 112 valence electrons. The summed E-state index contributed by atoms with van der Waals surface area (Å²) in [6, 6.07) is 7.79. The molecule has 0 spiro atoms. The summed E-state index contributed by atoms with van der Waals surface area (Å²) < 4.78 is 0. The Balaban J connectivity index is 2.20. The first-order valence-electron chi connectivity index (χ1n) is 7.47. The molecule has 1 aromatic rings. The summed E-state index contributed by atoms with van der Waals surface area (Å²) in [5.74, 6) is -0.315. The molecule has 5 nitrogen and oxygen atoms in total. The van der Waals surface area contributed by atoms with E-state index in [1.165, 1.54) is 0 Å². The minimum atomic E-state index is -0.315. The van der Waals surface area contributed by atoms with Crippen LogP contribution in [0.1, 0.15) is 37.3 Å². The van der Waals surface area contributed by atoms with Crippen molar-refractivity contribution in [3.05, 3.63) is 29.3 Å². The maximum Gasteiger partial charge on any atom is 0.240 e. The van der Waals surface area contributed by atoms with Crippen LogP contribution in [0.3, 0.4) is 0 Å². The molecule has 1 unspecified atom stereocenters. The second-order valence-electron chi connectivity index (χ2n) is 5.39. The number of amides is 1. The standard InChI is InChI=1S/C16H22N4O/c1-2-7-19-11-12-5-6-14(13(9-12)10-17)20-8-3-4-15(20)16(18)21/h5-6,9,15,19H,2-4,7-8,11H2,1H3,(H2,18,21). The van der Waals surface area contributed by atoms with E-state index in [0.717, 1.165) is 50.1 Å². The number of primary amides is 1. The smallest absolute Gasteiger partial charge is 0.240 e. The van der Waals surface area contributed by atoms with Crippen molar-refractivity contribution in [1.29, 1.82) is 5.26 Å². The maximum absolute atomic E-state index is 11.5. The summed E-state index contributed by atoms with van der Waals surface area (Å²) in [6.07, 6.45) is 2.77. The van der Waals surface area contributed by atoms with E-state index in [9.17, 15) is 10.1 Å². The first-order valence-corrected chi connectivity index (χ1v) is 7.47.